The maximum Gasteiger partial charge on any atom is 0.268 e. The van der Waals surface area contributed by atoms with Crippen LogP contribution in [0.1, 0.15) is 29.8 Å². The molecule has 0 spiro atoms. The summed E-state index contributed by atoms with van der Waals surface area (Å²) < 4.78 is 0. The van der Waals surface area contributed by atoms with E-state index in [0.717, 1.165) is 19.3 Å². The summed E-state index contributed by atoms with van der Waals surface area (Å²) >= 11 is 11.5. The largest absolute Gasteiger partial charge is 0.348 e. The van der Waals surface area contributed by atoms with Crippen LogP contribution < -0.4 is 11.1 Å². The second-order valence-corrected chi connectivity index (χ2v) is 5.14. The van der Waals surface area contributed by atoms with Crippen LogP contribution in [-0.4, -0.2) is 23.5 Å². The maximum absolute atomic E-state index is 11.9. The molecule has 1 saturated carbocycles. The molecule has 1 aromatic rings. The number of carbonyl (C=O) groups excluding carboxylic acids is 1. The number of aromatic nitrogens is 1. The molecule has 0 aromatic carbocycles. The summed E-state index contributed by atoms with van der Waals surface area (Å²) in [5.74, 6) is 0.198. The van der Waals surface area contributed by atoms with Crippen LogP contribution in [0.5, 0.6) is 0 Å². The van der Waals surface area contributed by atoms with Crippen LogP contribution in [0.3, 0.4) is 0 Å². The second kappa shape index (κ2) is 5.29. The first-order valence-corrected chi connectivity index (χ1v) is 6.42. The Balaban J connectivity index is 2.01. The van der Waals surface area contributed by atoms with Gasteiger partial charge in [-0.2, -0.15) is 0 Å². The molecule has 1 aliphatic rings. The van der Waals surface area contributed by atoms with Gasteiger partial charge in [0.2, 0.25) is 0 Å². The summed E-state index contributed by atoms with van der Waals surface area (Å²) in [7, 11) is 0. The lowest BCUT2D eigenvalue weighted by molar-refractivity contribution is 0.0924. The lowest BCUT2D eigenvalue weighted by atomic mass is 10.0. The number of rotatable bonds is 3. The zero-order valence-electron chi connectivity index (χ0n) is 9.30. The van der Waals surface area contributed by atoms with E-state index in [-0.39, 0.29) is 11.9 Å². The second-order valence-electron chi connectivity index (χ2n) is 4.35. The third-order valence-electron chi connectivity index (χ3n) is 3.25. The highest BCUT2D eigenvalue weighted by molar-refractivity contribution is 6.41. The molecule has 2 unspecified atom stereocenters. The lowest BCUT2D eigenvalue weighted by Crippen LogP contribution is -2.40. The van der Waals surface area contributed by atoms with Gasteiger partial charge < -0.3 is 16.0 Å². The van der Waals surface area contributed by atoms with Crippen molar-refractivity contribution in [3.63, 3.8) is 0 Å². The molecule has 17 heavy (non-hydrogen) atoms. The molecular formula is C11H15Cl2N3O. The van der Waals surface area contributed by atoms with Crippen molar-refractivity contribution in [3.8, 4) is 0 Å². The van der Waals surface area contributed by atoms with Crippen LogP contribution in [0.2, 0.25) is 10.2 Å². The molecule has 0 radical (unpaired) electrons. The van der Waals surface area contributed by atoms with E-state index in [1.807, 2.05) is 0 Å². The number of nitrogens with two attached hydrogens (primary N) is 1. The number of hydrogen-bond donors (Lipinski definition) is 3. The molecule has 1 heterocycles. The third-order valence-corrected chi connectivity index (χ3v) is 3.94. The Bertz CT molecular complexity index is 399. The van der Waals surface area contributed by atoms with Gasteiger partial charge in [0.05, 0.1) is 5.02 Å². The number of carbonyl (C=O) groups is 1. The van der Waals surface area contributed by atoms with Crippen LogP contribution in [0, 0.1) is 5.92 Å². The zero-order chi connectivity index (χ0) is 12.4. The zero-order valence-corrected chi connectivity index (χ0v) is 10.8. The van der Waals surface area contributed by atoms with Crippen LogP contribution in [0.25, 0.3) is 0 Å². The van der Waals surface area contributed by atoms with E-state index in [2.05, 4.69) is 10.3 Å². The fourth-order valence-corrected chi connectivity index (χ4v) is 2.59. The van der Waals surface area contributed by atoms with Gasteiger partial charge in [0.15, 0.2) is 0 Å². The normalized spacial score (nSPS) is 23.9. The van der Waals surface area contributed by atoms with Crippen LogP contribution in [0.15, 0.2) is 6.07 Å². The Hall–Kier alpha value is -0.710. The third kappa shape index (κ3) is 2.76. The smallest absolute Gasteiger partial charge is 0.268 e. The summed E-state index contributed by atoms with van der Waals surface area (Å²) in [5.41, 5.74) is 6.06. The molecule has 0 bridgehead atoms. The SMILES string of the molecule is NCC1CCCC1NC(=O)c1cc(Cl)c(Cl)[nH]1. The summed E-state index contributed by atoms with van der Waals surface area (Å²) in [6, 6.07) is 1.69. The van der Waals surface area contributed by atoms with Gasteiger partial charge in [0.25, 0.3) is 5.91 Å². The highest BCUT2D eigenvalue weighted by atomic mass is 35.5. The van der Waals surface area contributed by atoms with Crippen molar-refractivity contribution >= 4 is 29.1 Å². The predicted molar refractivity (Wildman–Crippen MR) is 68.5 cm³/mol. The number of hydrogen-bond acceptors (Lipinski definition) is 2. The van der Waals surface area contributed by atoms with Gasteiger partial charge in [-0.25, -0.2) is 0 Å². The Labute approximate surface area is 110 Å². The number of halogens is 2. The van der Waals surface area contributed by atoms with Crippen LogP contribution in [0.4, 0.5) is 0 Å². The van der Waals surface area contributed by atoms with Gasteiger partial charge in [-0.1, -0.05) is 29.6 Å². The molecule has 4 nitrogen and oxygen atoms in total. The van der Waals surface area contributed by atoms with E-state index >= 15 is 0 Å². The lowest BCUT2D eigenvalue weighted by Gasteiger charge is -2.18. The molecular weight excluding hydrogens is 261 g/mol. The quantitative estimate of drug-likeness (QED) is 0.791. The van der Waals surface area contributed by atoms with Crippen LogP contribution >= 0.6 is 23.2 Å². The van der Waals surface area contributed by atoms with E-state index < -0.39 is 0 Å². The Kier molecular flexibility index (Phi) is 3.97. The molecule has 1 aliphatic carbocycles. The van der Waals surface area contributed by atoms with E-state index in [4.69, 9.17) is 28.9 Å². The first kappa shape index (κ1) is 12.7. The average Bonchev–Trinajstić information content (AvgIpc) is 2.86. The van der Waals surface area contributed by atoms with Crippen molar-refractivity contribution in [2.24, 2.45) is 11.7 Å². The maximum atomic E-state index is 11.9. The molecule has 94 valence electrons. The standard InChI is InChI=1S/C11H15Cl2N3O/c12-7-4-9(15-10(7)13)11(17)16-8-3-1-2-6(8)5-14/h4,6,8,15H,1-3,5,14H2,(H,16,17). The van der Waals surface area contributed by atoms with Crippen molar-refractivity contribution in [3.05, 3.63) is 21.9 Å². The fourth-order valence-electron chi connectivity index (χ4n) is 2.28. The first-order chi connectivity index (χ1) is 8.11. The number of aromatic amines is 1. The first-order valence-electron chi connectivity index (χ1n) is 5.66. The molecule has 1 amide bonds. The monoisotopic (exact) mass is 275 g/mol. The highest BCUT2D eigenvalue weighted by Crippen LogP contribution is 2.26. The summed E-state index contributed by atoms with van der Waals surface area (Å²) in [6.07, 6.45) is 3.17. The molecule has 2 rings (SSSR count). The van der Waals surface area contributed by atoms with E-state index in [1.54, 1.807) is 0 Å². The minimum atomic E-state index is -0.177. The molecule has 1 aromatic heterocycles. The Morgan fingerprint density at radius 3 is 2.88 bits per heavy atom. The summed E-state index contributed by atoms with van der Waals surface area (Å²) in [4.78, 5) is 14.7. The molecule has 0 aliphatic heterocycles. The summed E-state index contributed by atoms with van der Waals surface area (Å²) in [5, 5.41) is 3.62. The van der Waals surface area contributed by atoms with Gasteiger partial charge >= 0.3 is 0 Å². The molecule has 0 saturated heterocycles. The van der Waals surface area contributed by atoms with Gasteiger partial charge in [0, 0.05) is 6.04 Å². The van der Waals surface area contributed by atoms with Crippen molar-refractivity contribution in [2.45, 2.75) is 25.3 Å². The van der Waals surface area contributed by atoms with Crippen molar-refractivity contribution in [1.29, 1.82) is 0 Å². The number of amides is 1. The van der Waals surface area contributed by atoms with Crippen LogP contribution in [-0.2, 0) is 0 Å². The van der Waals surface area contributed by atoms with Crippen molar-refractivity contribution in [2.75, 3.05) is 6.54 Å². The van der Waals surface area contributed by atoms with Crippen molar-refractivity contribution < 1.29 is 4.79 Å². The minimum Gasteiger partial charge on any atom is -0.348 e. The minimum absolute atomic E-state index is 0.161. The van der Waals surface area contributed by atoms with Gasteiger partial charge in [-0.3, -0.25) is 4.79 Å². The summed E-state index contributed by atoms with van der Waals surface area (Å²) in [6.45, 7) is 0.608. The predicted octanol–water partition coefficient (Wildman–Crippen LogP) is 2.18. The molecule has 1 fully saturated rings. The van der Waals surface area contributed by atoms with E-state index in [1.165, 1.54) is 6.07 Å². The number of H-pyrrole nitrogens is 1. The van der Waals surface area contributed by atoms with E-state index in [0.29, 0.717) is 28.3 Å². The number of nitrogens with one attached hydrogen (secondary N) is 2. The highest BCUT2D eigenvalue weighted by Gasteiger charge is 2.28. The van der Waals surface area contributed by atoms with Gasteiger partial charge in [-0.15, -0.1) is 0 Å². The van der Waals surface area contributed by atoms with E-state index in [9.17, 15) is 4.79 Å². The molecule has 6 heteroatoms. The molecule has 4 N–H and O–H groups in total. The Morgan fingerprint density at radius 2 is 2.29 bits per heavy atom. The fraction of sp³-hybridized carbons (Fsp3) is 0.545. The van der Waals surface area contributed by atoms with Crippen molar-refractivity contribution in [1.82, 2.24) is 10.3 Å². The van der Waals surface area contributed by atoms with Gasteiger partial charge in [-0.05, 0) is 31.4 Å². The average molecular weight is 276 g/mol. The van der Waals surface area contributed by atoms with Gasteiger partial charge in [0.1, 0.15) is 10.8 Å². The Morgan fingerprint density at radius 1 is 1.53 bits per heavy atom. The molecule has 2 atom stereocenters. The topological polar surface area (TPSA) is 70.9 Å².